The Balaban J connectivity index is 1.73. The molecule has 0 spiro atoms. The highest BCUT2D eigenvalue weighted by Gasteiger charge is 2.47. The molecule has 0 aromatic heterocycles. The van der Waals surface area contributed by atoms with Crippen LogP contribution in [0.4, 0.5) is 10.5 Å². The van der Waals surface area contributed by atoms with Gasteiger partial charge < -0.3 is 24.6 Å². The van der Waals surface area contributed by atoms with Gasteiger partial charge in [-0.15, -0.1) is 0 Å². The van der Waals surface area contributed by atoms with Crippen molar-refractivity contribution in [1.82, 2.24) is 9.80 Å². The molecule has 7 nitrogen and oxygen atoms in total. The SMILES string of the molecule is C=CCOC(=O)N1CC[C@H]2C(c3ccc(OCC)cc3)Nc3ccc(C(=O)N(C)C)cc3[C@H]21. The van der Waals surface area contributed by atoms with Crippen molar-refractivity contribution in [3.05, 3.63) is 71.8 Å². The van der Waals surface area contributed by atoms with E-state index in [1.165, 1.54) is 0 Å². The summed E-state index contributed by atoms with van der Waals surface area (Å²) in [6, 6.07) is 13.6. The smallest absolute Gasteiger partial charge is 0.410 e. The number of benzene rings is 2. The first-order valence-corrected chi connectivity index (χ1v) is 11.3. The fourth-order valence-corrected chi connectivity index (χ4v) is 4.85. The Morgan fingerprint density at radius 2 is 1.97 bits per heavy atom. The van der Waals surface area contributed by atoms with Crippen molar-refractivity contribution in [2.75, 3.05) is 39.2 Å². The second-order valence-corrected chi connectivity index (χ2v) is 8.58. The minimum absolute atomic E-state index is 0.0192. The van der Waals surface area contributed by atoms with E-state index in [2.05, 4.69) is 24.0 Å². The van der Waals surface area contributed by atoms with Gasteiger partial charge in [0.2, 0.25) is 0 Å². The first kappa shape index (κ1) is 22.7. The Kier molecular flexibility index (Phi) is 6.58. The first-order valence-electron chi connectivity index (χ1n) is 11.3. The molecule has 1 unspecified atom stereocenters. The molecule has 2 aliphatic rings. The van der Waals surface area contributed by atoms with Gasteiger partial charge >= 0.3 is 6.09 Å². The molecule has 0 aliphatic carbocycles. The maximum Gasteiger partial charge on any atom is 0.410 e. The van der Waals surface area contributed by atoms with E-state index in [9.17, 15) is 9.59 Å². The van der Waals surface area contributed by atoms with Gasteiger partial charge in [0.05, 0.1) is 18.7 Å². The van der Waals surface area contributed by atoms with Gasteiger partial charge in [-0.1, -0.05) is 24.8 Å². The number of ether oxygens (including phenoxy) is 2. The minimum Gasteiger partial charge on any atom is -0.494 e. The van der Waals surface area contributed by atoms with Gasteiger partial charge in [-0.25, -0.2) is 4.79 Å². The lowest BCUT2D eigenvalue weighted by molar-refractivity contribution is 0.0827. The Morgan fingerprint density at radius 3 is 2.64 bits per heavy atom. The van der Waals surface area contributed by atoms with Gasteiger partial charge in [0.1, 0.15) is 12.4 Å². The Morgan fingerprint density at radius 1 is 1.21 bits per heavy atom. The van der Waals surface area contributed by atoms with Gasteiger partial charge in [0, 0.05) is 37.8 Å². The summed E-state index contributed by atoms with van der Waals surface area (Å²) in [6.45, 7) is 6.98. The van der Waals surface area contributed by atoms with Gasteiger partial charge in [-0.3, -0.25) is 4.79 Å². The molecule has 2 heterocycles. The van der Waals surface area contributed by atoms with E-state index in [0.29, 0.717) is 18.7 Å². The molecule has 2 aromatic rings. The molecule has 174 valence electrons. The van der Waals surface area contributed by atoms with Crippen LogP contribution in [0.2, 0.25) is 0 Å². The van der Waals surface area contributed by atoms with Crippen molar-refractivity contribution in [2.24, 2.45) is 5.92 Å². The average molecular weight is 450 g/mol. The van der Waals surface area contributed by atoms with E-state index in [-0.39, 0.29) is 36.6 Å². The minimum atomic E-state index is -0.356. The second kappa shape index (κ2) is 9.57. The summed E-state index contributed by atoms with van der Waals surface area (Å²) in [7, 11) is 3.47. The maximum absolute atomic E-state index is 12.9. The highest BCUT2D eigenvalue weighted by atomic mass is 16.6. The Hall–Kier alpha value is -3.48. The number of rotatable bonds is 6. The molecule has 1 N–H and O–H groups in total. The third kappa shape index (κ3) is 4.40. The number of fused-ring (bicyclic) bond motifs is 3. The highest BCUT2D eigenvalue weighted by Crippen LogP contribution is 2.51. The van der Waals surface area contributed by atoms with Crippen molar-refractivity contribution in [3.63, 3.8) is 0 Å². The lowest BCUT2D eigenvalue weighted by Crippen LogP contribution is -2.38. The van der Waals surface area contributed by atoms with Gasteiger partial charge in [0.15, 0.2) is 0 Å². The number of anilines is 1. The molecule has 3 atom stereocenters. The molecule has 2 aromatic carbocycles. The average Bonchev–Trinajstić information content (AvgIpc) is 3.27. The lowest BCUT2D eigenvalue weighted by atomic mass is 9.79. The quantitative estimate of drug-likeness (QED) is 0.651. The molecule has 1 saturated heterocycles. The van der Waals surface area contributed by atoms with Crippen molar-refractivity contribution in [1.29, 1.82) is 0 Å². The van der Waals surface area contributed by atoms with Gasteiger partial charge in [-0.2, -0.15) is 0 Å². The van der Waals surface area contributed by atoms with E-state index in [4.69, 9.17) is 9.47 Å². The largest absolute Gasteiger partial charge is 0.494 e. The van der Waals surface area contributed by atoms with Crippen molar-refractivity contribution in [2.45, 2.75) is 25.4 Å². The van der Waals surface area contributed by atoms with Crippen molar-refractivity contribution >= 4 is 17.7 Å². The second-order valence-electron chi connectivity index (χ2n) is 8.58. The number of likely N-dealkylation sites (tertiary alicyclic amines) is 1. The van der Waals surface area contributed by atoms with E-state index in [1.807, 2.05) is 37.3 Å². The van der Waals surface area contributed by atoms with E-state index in [0.717, 1.165) is 29.0 Å². The molecule has 4 rings (SSSR count). The molecule has 0 saturated carbocycles. The fraction of sp³-hybridized carbons (Fsp3) is 0.385. The summed E-state index contributed by atoms with van der Waals surface area (Å²) in [6.07, 6.45) is 2.03. The van der Waals surface area contributed by atoms with E-state index in [1.54, 1.807) is 30.0 Å². The Labute approximate surface area is 195 Å². The predicted molar refractivity (Wildman–Crippen MR) is 128 cm³/mol. The molecule has 2 aliphatic heterocycles. The molecule has 0 bridgehead atoms. The predicted octanol–water partition coefficient (Wildman–Crippen LogP) is 4.64. The zero-order valence-electron chi connectivity index (χ0n) is 19.4. The highest BCUT2D eigenvalue weighted by molar-refractivity contribution is 5.94. The summed E-state index contributed by atoms with van der Waals surface area (Å²) in [5.74, 6) is 0.903. The van der Waals surface area contributed by atoms with Crippen LogP contribution in [0, 0.1) is 5.92 Å². The van der Waals surface area contributed by atoms with Crippen molar-refractivity contribution in [3.8, 4) is 5.75 Å². The van der Waals surface area contributed by atoms with Crippen LogP contribution in [0.25, 0.3) is 0 Å². The van der Waals surface area contributed by atoms with Gasteiger partial charge in [0.25, 0.3) is 5.91 Å². The molecule has 1 fully saturated rings. The topological polar surface area (TPSA) is 71.1 Å². The molecule has 33 heavy (non-hydrogen) atoms. The standard InChI is InChI=1S/C26H31N3O4/c1-5-15-33-26(31)29-14-13-20-23(17-7-10-19(11-8-17)32-6-2)27-22-12-9-18(25(30)28(3)4)16-21(22)24(20)29/h5,7-12,16,20,23-24,27H,1,6,13-15H2,2-4H3/t20-,23?,24-/m0/s1. The Bertz CT molecular complexity index is 1030. The van der Waals surface area contributed by atoms with Gasteiger partial charge in [-0.05, 0) is 54.8 Å². The summed E-state index contributed by atoms with van der Waals surface area (Å²) >= 11 is 0. The van der Waals surface area contributed by atoms with Crippen LogP contribution in [0.3, 0.4) is 0 Å². The number of carbonyl (C=O) groups excluding carboxylic acids is 2. The number of hydrogen-bond acceptors (Lipinski definition) is 5. The maximum atomic E-state index is 12.9. The normalized spacial score (nSPS) is 20.8. The number of nitrogens with one attached hydrogen (secondary N) is 1. The zero-order chi connectivity index (χ0) is 23.5. The summed E-state index contributed by atoms with van der Waals surface area (Å²) in [5, 5.41) is 3.67. The van der Waals surface area contributed by atoms with Crippen LogP contribution >= 0.6 is 0 Å². The van der Waals surface area contributed by atoms with Crippen LogP contribution in [0.15, 0.2) is 55.1 Å². The van der Waals surface area contributed by atoms with E-state index < -0.39 is 0 Å². The zero-order valence-corrected chi connectivity index (χ0v) is 19.4. The summed E-state index contributed by atoms with van der Waals surface area (Å²) in [4.78, 5) is 28.9. The third-order valence-electron chi connectivity index (χ3n) is 6.32. The van der Waals surface area contributed by atoms with Crippen LogP contribution in [-0.4, -0.2) is 55.7 Å². The van der Waals surface area contributed by atoms with E-state index >= 15 is 0 Å². The molecular formula is C26H31N3O4. The number of carbonyl (C=O) groups is 2. The van der Waals surface area contributed by atoms with Crippen LogP contribution < -0.4 is 10.1 Å². The third-order valence-corrected chi connectivity index (χ3v) is 6.32. The number of hydrogen-bond donors (Lipinski definition) is 1. The molecule has 2 amide bonds. The molecule has 0 radical (unpaired) electrons. The first-order chi connectivity index (χ1) is 15.9. The monoisotopic (exact) mass is 449 g/mol. The molecule has 7 heteroatoms. The number of nitrogens with zero attached hydrogens (tertiary/aromatic N) is 2. The van der Waals surface area contributed by atoms with Crippen LogP contribution in [0.5, 0.6) is 5.75 Å². The summed E-state index contributed by atoms with van der Waals surface area (Å²) in [5.41, 5.74) is 3.61. The van der Waals surface area contributed by atoms with Crippen molar-refractivity contribution < 1.29 is 19.1 Å². The summed E-state index contributed by atoms with van der Waals surface area (Å²) < 4.78 is 11.0. The molecular weight excluding hydrogens is 418 g/mol. The lowest BCUT2D eigenvalue weighted by Gasteiger charge is -2.40. The van der Waals surface area contributed by atoms with Crippen LogP contribution in [-0.2, 0) is 4.74 Å². The van der Waals surface area contributed by atoms with Crippen LogP contribution in [0.1, 0.15) is 46.9 Å². The number of amides is 2. The fourth-order valence-electron chi connectivity index (χ4n) is 4.85.